The van der Waals surface area contributed by atoms with Gasteiger partial charge in [-0.05, 0) is 82.5 Å². The lowest BCUT2D eigenvalue weighted by molar-refractivity contribution is 0.0600. The molecule has 28 heavy (non-hydrogen) atoms. The van der Waals surface area contributed by atoms with E-state index in [4.69, 9.17) is 4.74 Å². The first-order valence-corrected chi connectivity index (χ1v) is 10.9. The zero-order valence-corrected chi connectivity index (χ0v) is 20.4. The van der Waals surface area contributed by atoms with Crippen molar-refractivity contribution in [3.8, 4) is 16.9 Å². The highest BCUT2D eigenvalue weighted by Crippen LogP contribution is 2.36. The molecule has 0 aliphatic carbocycles. The molecule has 0 atom stereocenters. The third-order valence-electron chi connectivity index (χ3n) is 4.78. The number of hydrogen-bond donors (Lipinski definition) is 0. The van der Waals surface area contributed by atoms with Crippen LogP contribution in [0.2, 0.25) is 0 Å². The smallest absolute Gasteiger partial charge is 0.339 e. The van der Waals surface area contributed by atoms with Crippen LogP contribution in [0.3, 0.4) is 0 Å². The fourth-order valence-corrected chi connectivity index (χ4v) is 4.29. The van der Waals surface area contributed by atoms with Crippen molar-refractivity contribution in [1.82, 2.24) is 4.57 Å². The summed E-state index contributed by atoms with van der Waals surface area (Å²) in [6.07, 6.45) is 0. The van der Waals surface area contributed by atoms with Crippen LogP contribution in [0.25, 0.3) is 16.9 Å². The summed E-state index contributed by atoms with van der Waals surface area (Å²) in [4.78, 5) is 12.4. The molecule has 0 saturated carbocycles. The first kappa shape index (κ1) is 21.1. The lowest BCUT2D eigenvalue weighted by atomic mass is 9.85. The Balaban J connectivity index is 2.38. The maximum atomic E-state index is 12.4. The maximum Gasteiger partial charge on any atom is 0.339 e. The Morgan fingerprint density at radius 1 is 1.11 bits per heavy atom. The van der Waals surface area contributed by atoms with Crippen molar-refractivity contribution < 1.29 is 9.53 Å². The minimum absolute atomic E-state index is 0.0484. The molecule has 0 saturated heterocycles. The molecule has 146 valence electrons. The number of hydrogen-bond acceptors (Lipinski definition) is 2. The highest BCUT2D eigenvalue weighted by atomic mass is 127. The second kappa shape index (κ2) is 8.03. The van der Waals surface area contributed by atoms with Crippen LogP contribution in [-0.2, 0) is 10.2 Å². The Morgan fingerprint density at radius 2 is 1.82 bits per heavy atom. The van der Waals surface area contributed by atoms with E-state index in [0.717, 1.165) is 27.1 Å². The second-order valence-corrected chi connectivity index (χ2v) is 9.94. The van der Waals surface area contributed by atoms with Gasteiger partial charge >= 0.3 is 5.97 Å². The van der Waals surface area contributed by atoms with Gasteiger partial charge in [-0.3, -0.25) is 0 Å². The van der Waals surface area contributed by atoms with Crippen molar-refractivity contribution in [1.29, 1.82) is 0 Å². The molecule has 3 nitrogen and oxygen atoms in total. The number of benzene rings is 2. The molecule has 2 aromatic carbocycles. The Morgan fingerprint density at radius 3 is 2.43 bits per heavy atom. The van der Waals surface area contributed by atoms with E-state index >= 15 is 0 Å². The van der Waals surface area contributed by atoms with Crippen molar-refractivity contribution in [2.75, 3.05) is 7.11 Å². The highest BCUT2D eigenvalue weighted by Gasteiger charge is 2.25. The van der Waals surface area contributed by atoms with Crippen LogP contribution in [0.5, 0.6) is 0 Å². The lowest BCUT2D eigenvalue weighted by Gasteiger charge is -2.25. The predicted molar refractivity (Wildman–Crippen MR) is 126 cm³/mol. The van der Waals surface area contributed by atoms with Gasteiger partial charge in [0.1, 0.15) is 0 Å². The van der Waals surface area contributed by atoms with Gasteiger partial charge in [-0.2, -0.15) is 0 Å². The van der Waals surface area contributed by atoms with Gasteiger partial charge in [0.25, 0.3) is 0 Å². The molecule has 0 fully saturated rings. The van der Waals surface area contributed by atoms with E-state index in [9.17, 15) is 4.79 Å². The molecule has 1 heterocycles. The molecule has 0 aliphatic heterocycles. The number of carbonyl (C=O) groups is 1. The van der Waals surface area contributed by atoms with Crippen molar-refractivity contribution in [3.05, 3.63) is 73.4 Å². The van der Waals surface area contributed by atoms with Gasteiger partial charge in [0.05, 0.1) is 18.4 Å². The van der Waals surface area contributed by atoms with Crippen LogP contribution >= 0.6 is 38.5 Å². The molecular formula is C23H23BrINO2. The quantitative estimate of drug-likeness (QED) is 0.262. The van der Waals surface area contributed by atoms with E-state index in [1.807, 2.05) is 25.1 Å². The summed E-state index contributed by atoms with van der Waals surface area (Å²) in [5.41, 5.74) is 5.70. The molecule has 0 N–H and O–H groups in total. The first-order valence-electron chi connectivity index (χ1n) is 9.00. The molecule has 0 unspecified atom stereocenters. The van der Waals surface area contributed by atoms with E-state index in [0.29, 0.717) is 5.56 Å². The third kappa shape index (κ3) is 4.06. The number of methoxy groups -OCH3 is 1. The van der Waals surface area contributed by atoms with E-state index in [1.54, 1.807) is 0 Å². The molecule has 0 spiro atoms. The zero-order valence-electron chi connectivity index (χ0n) is 16.6. The van der Waals surface area contributed by atoms with Crippen LogP contribution in [-0.4, -0.2) is 17.6 Å². The summed E-state index contributed by atoms with van der Waals surface area (Å²) in [6, 6.07) is 16.5. The Kier molecular flexibility index (Phi) is 6.05. The zero-order chi connectivity index (χ0) is 20.6. The average Bonchev–Trinajstić information content (AvgIpc) is 2.97. The van der Waals surface area contributed by atoms with Gasteiger partial charge in [-0.15, -0.1) is 0 Å². The Bertz CT molecular complexity index is 1050. The normalized spacial score (nSPS) is 11.5. The fourth-order valence-electron chi connectivity index (χ4n) is 3.40. The van der Waals surface area contributed by atoms with Gasteiger partial charge in [0.2, 0.25) is 0 Å². The minimum Gasteiger partial charge on any atom is -0.465 e. The maximum absolute atomic E-state index is 12.4. The van der Waals surface area contributed by atoms with Crippen LogP contribution in [0.15, 0.2) is 53.0 Å². The van der Waals surface area contributed by atoms with Crippen molar-refractivity contribution in [2.24, 2.45) is 0 Å². The fraction of sp³-hybridized carbons (Fsp3) is 0.261. The number of nitrogens with zero attached hydrogens (tertiary/aromatic N) is 1. The largest absolute Gasteiger partial charge is 0.465 e. The van der Waals surface area contributed by atoms with Crippen LogP contribution in [0, 0.1) is 10.5 Å². The summed E-state index contributed by atoms with van der Waals surface area (Å²) >= 11 is 5.91. The Labute approximate surface area is 188 Å². The standard InChI is InChI=1S/C23H23BrINO2/c1-14-18(22(27)28-5)13-21(15-7-6-8-16(24)11-15)26(14)20-10-9-17(25)12-19(20)23(2,3)4/h6-13H,1-5H3. The number of rotatable bonds is 3. The topological polar surface area (TPSA) is 31.2 Å². The van der Waals surface area contributed by atoms with Crippen molar-refractivity contribution in [2.45, 2.75) is 33.1 Å². The van der Waals surface area contributed by atoms with E-state index in [-0.39, 0.29) is 11.4 Å². The monoisotopic (exact) mass is 551 g/mol. The molecule has 3 aromatic rings. The number of ether oxygens (including phenoxy) is 1. The molecule has 0 aliphatic rings. The van der Waals surface area contributed by atoms with Gasteiger partial charge in [-0.1, -0.05) is 48.8 Å². The molecule has 0 amide bonds. The molecule has 1 aromatic heterocycles. The number of aromatic nitrogens is 1. The minimum atomic E-state index is -0.324. The van der Waals surface area contributed by atoms with Crippen LogP contribution in [0.4, 0.5) is 0 Å². The first-order chi connectivity index (χ1) is 13.1. The predicted octanol–water partition coefficient (Wildman–Crippen LogP) is 6.90. The van der Waals surface area contributed by atoms with Crippen LogP contribution in [0.1, 0.15) is 42.4 Å². The summed E-state index contributed by atoms with van der Waals surface area (Å²) in [5, 5.41) is 0. The molecule has 0 radical (unpaired) electrons. The molecule has 5 heteroatoms. The average molecular weight is 552 g/mol. The molecule has 3 rings (SSSR count). The van der Waals surface area contributed by atoms with Gasteiger partial charge in [0.15, 0.2) is 0 Å². The summed E-state index contributed by atoms with van der Waals surface area (Å²) in [6.45, 7) is 8.60. The summed E-state index contributed by atoms with van der Waals surface area (Å²) in [7, 11) is 1.42. The number of carbonyl (C=O) groups excluding carboxylic acids is 1. The summed E-state index contributed by atoms with van der Waals surface area (Å²) in [5.74, 6) is -0.324. The highest BCUT2D eigenvalue weighted by molar-refractivity contribution is 14.1. The number of esters is 1. The van der Waals surface area contributed by atoms with Gasteiger partial charge in [0, 0.05) is 19.4 Å². The SMILES string of the molecule is COC(=O)c1cc(-c2cccc(Br)c2)n(-c2ccc(I)cc2C(C)(C)C)c1C. The van der Waals surface area contributed by atoms with Crippen LogP contribution < -0.4 is 0 Å². The van der Waals surface area contributed by atoms with Gasteiger partial charge < -0.3 is 9.30 Å². The summed E-state index contributed by atoms with van der Waals surface area (Å²) < 4.78 is 9.39. The number of halogens is 2. The van der Waals surface area contributed by atoms with Crippen molar-refractivity contribution in [3.63, 3.8) is 0 Å². The van der Waals surface area contributed by atoms with E-state index in [2.05, 4.69) is 94.2 Å². The molecular weight excluding hydrogens is 529 g/mol. The molecule has 0 bridgehead atoms. The van der Waals surface area contributed by atoms with Crippen molar-refractivity contribution >= 4 is 44.5 Å². The lowest BCUT2D eigenvalue weighted by Crippen LogP contribution is -2.16. The van der Waals surface area contributed by atoms with E-state index in [1.165, 1.54) is 16.2 Å². The Hall–Kier alpha value is -1.60. The van der Waals surface area contributed by atoms with Gasteiger partial charge in [-0.25, -0.2) is 4.79 Å². The second-order valence-electron chi connectivity index (χ2n) is 7.78. The van der Waals surface area contributed by atoms with E-state index < -0.39 is 0 Å². The third-order valence-corrected chi connectivity index (χ3v) is 5.94.